The van der Waals surface area contributed by atoms with Crippen molar-refractivity contribution in [2.75, 3.05) is 26.2 Å². The molecular weight excluding hydrogens is 224 g/mol. The Labute approximate surface area is 111 Å². The van der Waals surface area contributed by atoms with Crippen LogP contribution >= 0.6 is 0 Å². The van der Waals surface area contributed by atoms with Crippen LogP contribution in [0.25, 0.3) is 0 Å². The van der Waals surface area contributed by atoms with E-state index in [-0.39, 0.29) is 6.04 Å². The predicted molar refractivity (Wildman–Crippen MR) is 72.5 cm³/mol. The summed E-state index contributed by atoms with van der Waals surface area (Å²) in [6, 6.07) is 0.763. The number of carbonyl (C=O) groups is 1. The van der Waals surface area contributed by atoms with Crippen LogP contribution in [0.3, 0.4) is 0 Å². The second-order valence-electron chi connectivity index (χ2n) is 6.28. The highest BCUT2D eigenvalue weighted by molar-refractivity contribution is 5.85. The smallest absolute Gasteiger partial charge is 0.151 e. The Morgan fingerprint density at radius 3 is 2.56 bits per heavy atom. The molecule has 3 nitrogen and oxygen atoms in total. The molecule has 4 saturated heterocycles. The van der Waals surface area contributed by atoms with Gasteiger partial charge in [-0.2, -0.15) is 0 Å². The zero-order valence-electron chi connectivity index (χ0n) is 11.8. The van der Waals surface area contributed by atoms with E-state index in [1.54, 1.807) is 0 Å². The lowest BCUT2D eigenvalue weighted by molar-refractivity contribution is -0.126. The summed E-state index contributed by atoms with van der Waals surface area (Å²) in [6.07, 6.45) is 4.50. The summed E-state index contributed by atoms with van der Waals surface area (Å²) >= 11 is 0. The fourth-order valence-corrected chi connectivity index (χ4v) is 4.60. The van der Waals surface area contributed by atoms with Crippen molar-refractivity contribution in [2.45, 2.75) is 51.6 Å². The standard InChI is InChI=1S/C15H26N2O/c1-3-5-13(18)15-14-12(10-16(15)4-2)11-6-8-17(14)9-7-11/h11-12,14-15H,3-10H2,1-2H3. The predicted octanol–water partition coefficient (Wildman–Crippen LogP) is 1.77. The van der Waals surface area contributed by atoms with E-state index >= 15 is 0 Å². The molecule has 4 heterocycles. The van der Waals surface area contributed by atoms with Crippen LogP contribution in [0, 0.1) is 11.8 Å². The molecule has 0 spiro atoms. The van der Waals surface area contributed by atoms with Crippen molar-refractivity contribution in [2.24, 2.45) is 11.8 Å². The van der Waals surface area contributed by atoms with Crippen LogP contribution in [0.5, 0.6) is 0 Å². The minimum atomic E-state index is 0.211. The fourth-order valence-electron chi connectivity index (χ4n) is 4.60. The Kier molecular flexibility index (Phi) is 3.46. The maximum atomic E-state index is 12.5. The number of hydrogen-bond acceptors (Lipinski definition) is 3. The molecule has 0 saturated carbocycles. The first-order valence-corrected chi connectivity index (χ1v) is 7.77. The summed E-state index contributed by atoms with van der Waals surface area (Å²) < 4.78 is 0. The average molecular weight is 250 g/mol. The third-order valence-electron chi connectivity index (χ3n) is 5.43. The summed E-state index contributed by atoms with van der Waals surface area (Å²) in [5.74, 6) is 2.17. The van der Waals surface area contributed by atoms with Gasteiger partial charge in [0, 0.05) is 19.0 Å². The molecule has 102 valence electrons. The van der Waals surface area contributed by atoms with Crippen molar-refractivity contribution in [1.82, 2.24) is 9.80 Å². The molecule has 0 radical (unpaired) electrons. The lowest BCUT2D eigenvalue weighted by Crippen LogP contribution is -2.58. The fraction of sp³-hybridized carbons (Fsp3) is 0.933. The SMILES string of the molecule is CCCC(=O)C1C2C(CN1CC)C1CCN2CC1. The van der Waals surface area contributed by atoms with E-state index in [2.05, 4.69) is 23.6 Å². The van der Waals surface area contributed by atoms with Gasteiger partial charge in [-0.15, -0.1) is 0 Å². The molecule has 0 aliphatic carbocycles. The summed E-state index contributed by atoms with van der Waals surface area (Å²) in [4.78, 5) is 17.6. The Balaban J connectivity index is 1.84. The van der Waals surface area contributed by atoms with Crippen LogP contribution in [0.15, 0.2) is 0 Å². The van der Waals surface area contributed by atoms with E-state index in [4.69, 9.17) is 0 Å². The van der Waals surface area contributed by atoms with Crippen molar-refractivity contribution in [1.29, 1.82) is 0 Å². The Hall–Kier alpha value is -0.410. The summed E-state index contributed by atoms with van der Waals surface area (Å²) in [7, 11) is 0. The second-order valence-corrected chi connectivity index (χ2v) is 6.28. The van der Waals surface area contributed by atoms with E-state index in [1.165, 1.54) is 32.5 Å². The summed E-state index contributed by atoms with van der Waals surface area (Å²) in [5, 5.41) is 0. The summed E-state index contributed by atoms with van der Waals surface area (Å²) in [6.45, 7) is 9.00. The lowest BCUT2D eigenvalue weighted by atomic mass is 9.73. The van der Waals surface area contributed by atoms with Crippen molar-refractivity contribution in [3.05, 3.63) is 0 Å². The molecule has 2 bridgehead atoms. The maximum Gasteiger partial charge on any atom is 0.151 e. The summed E-state index contributed by atoms with van der Waals surface area (Å²) in [5.41, 5.74) is 0. The first kappa shape index (κ1) is 12.6. The molecule has 0 aromatic heterocycles. The van der Waals surface area contributed by atoms with Crippen molar-refractivity contribution < 1.29 is 4.79 Å². The van der Waals surface area contributed by atoms with Crippen molar-refractivity contribution in [3.63, 3.8) is 0 Å². The van der Waals surface area contributed by atoms with Gasteiger partial charge >= 0.3 is 0 Å². The number of likely N-dealkylation sites (tertiary alicyclic amines) is 1. The highest BCUT2D eigenvalue weighted by Gasteiger charge is 2.53. The topological polar surface area (TPSA) is 23.6 Å². The number of hydrogen-bond donors (Lipinski definition) is 0. The third kappa shape index (κ3) is 1.83. The molecule has 4 fully saturated rings. The van der Waals surface area contributed by atoms with Crippen LogP contribution in [-0.4, -0.2) is 53.8 Å². The second kappa shape index (κ2) is 4.93. The largest absolute Gasteiger partial charge is 0.298 e. The van der Waals surface area contributed by atoms with Crippen LogP contribution in [0.1, 0.15) is 39.5 Å². The number of fused-ring (bicyclic) bond motifs is 2. The Morgan fingerprint density at radius 2 is 1.94 bits per heavy atom. The number of piperidine rings is 3. The quantitative estimate of drug-likeness (QED) is 0.760. The van der Waals surface area contributed by atoms with Gasteiger partial charge in [0.05, 0.1) is 6.04 Å². The van der Waals surface area contributed by atoms with Gasteiger partial charge in [-0.1, -0.05) is 13.8 Å². The highest BCUT2D eigenvalue weighted by atomic mass is 16.1. The molecule has 4 aliphatic rings. The van der Waals surface area contributed by atoms with Gasteiger partial charge in [-0.3, -0.25) is 14.6 Å². The van der Waals surface area contributed by atoms with E-state index in [0.717, 1.165) is 31.2 Å². The van der Waals surface area contributed by atoms with Gasteiger partial charge in [-0.25, -0.2) is 0 Å². The van der Waals surface area contributed by atoms with Gasteiger partial charge in [-0.05, 0) is 50.7 Å². The molecule has 4 aliphatic heterocycles. The molecule has 0 N–H and O–H groups in total. The van der Waals surface area contributed by atoms with Gasteiger partial charge in [0.1, 0.15) is 0 Å². The number of ketones is 1. The minimum absolute atomic E-state index is 0.211. The van der Waals surface area contributed by atoms with E-state index < -0.39 is 0 Å². The molecule has 0 aromatic rings. The number of nitrogens with zero attached hydrogens (tertiary/aromatic N) is 2. The minimum Gasteiger partial charge on any atom is -0.298 e. The lowest BCUT2D eigenvalue weighted by Gasteiger charge is -2.49. The first-order chi connectivity index (χ1) is 8.76. The van der Waals surface area contributed by atoms with Crippen LogP contribution < -0.4 is 0 Å². The van der Waals surface area contributed by atoms with Crippen molar-refractivity contribution >= 4 is 5.78 Å². The average Bonchev–Trinajstić information content (AvgIpc) is 2.81. The molecule has 3 heteroatoms. The Bertz CT molecular complexity index is 322. The molecule has 18 heavy (non-hydrogen) atoms. The third-order valence-corrected chi connectivity index (χ3v) is 5.43. The van der Waals surface area contributed by atoms with Crippen LogP contribution in [0.4, 0.5) is 0 Å². The van der Waals surface area contributed by atoms with Gasteiger partial charge < -0.3 is 0 Å². The number of carbonyl (C=O) groups excluding carboxylic acids is 1. The number of likely N-dealkylation sites (N-methyl/N-ethyl adjacent to an activating group) is 1. The highest BCUT2D eigenvalue weighted by Crippen LogP contribution is 2.44. The van der Waals surface area contributed by atoms with Crippen molar-refractivity contribution in [3.8, 4) is 0 Å². The molecule has 3 atom stereocenters. The van der Waals surface area contributed by atoms with Gasteiger partial charge in [0.2, 0.25) is 0 Å². The van der Waals surface area contributed by atoms with E-state index in [0.29, 0.717) is 11.8 Å². The van der Waals surface area contributed by atoms with Crippen LogP contribution in [-0.2, 0) is 4.79 Å². The monoisotopic (exact) mass is 250 g/mol. The molecule has 3 unspecified atom stereocenters. The zero-order valence-corrected chi connectivity index (χ0v) is 11.8. The number of rotatable bonds is 4. The Morgan fingerprint density at radius 1 is 1.22 bits per heavy atom. The van der Waals surface area contributed by atoms with Gasteiger partial charge in [0.15, 0.2) is 5.78 Å². The van der Waals surface area contributed by atoms with Crippen LogP contribution in [0.2, 0.25) is 0 Å². The van der Waals surface area contributed by atoms with E-state index in [1.807, 2.05) is 0 Å². The van der Waals surface area contributed by atoms with E-state index in [9.17, 15) is 4.79 Å². The molecule has 0 aromatic carbocycles. The zero-order chi connectivity index (χ0) is 12.7. The first-order valence-electron chi connectivity index (χ1n) is 7.77. The molecule has 4 rings (SSSR count). The molecule has 0 amide bonds. The number of Topliss-reactive ketones (excluding diaryl/α,β-unsaturated/α-hetero) is 1. The normalized spacial score (nSPS) is 43.1. The molecular formula is C15H26N2O. The van der Waals surface area contributed by atoms with Gasteiger partial charge in [0.25, 0.3) is 0 Å². The maximum absolute atomic E-state index is 12.5.